The third kappa shape index (κ3) is 2.59. The van der Waals surface area contributed by atoms with Crippen LogP contribution in [0.5, 0.6) is 11.5 Å². The lowest BCUT2D eigenvalue weighted by atomic mass is 9.88. The first-order valence-electron chi connectivity index (χ1n) is 7.78. The Labute approximate surface area is 134 Å². The van der Waals surface area contributed by atoms with E-state index in [9.17, 15) is 9.90 Å². The Balaban J connectivity index is 1.64. The molecule has 3 N–H and O–H groups in total. The van der Waals surface area contributed by atoms with Crippen molar-refractivity contribution in [2.45, 2.75) is 31.0 Å². The molecular weight excluding hydrogens is 292 g/mol. The number of hydrogen-bond acceptors (Lipinski definition) is 3. The number of aryl methyl sites for hydroxylation is 1. The molecule has 2 aliphatic heterocycles. The van der Waals surface area contributed by atoms with Crippen LogP contribution in [0.15, 0.2) is 48.5 Å². The molecule has 2 atom stereocenters. The van der Waals surface area contributed by atoms with Crippen LogP contribution >= 0.6 is 0 Å². The van der Waals surface area contributed by atoms with E-state index in [1.807, 2.05) is 36.4 Å². The first-order chi connectivity index (χ1) is 11.1. The van der Waals surface area contributed by atoms with E-state index < -0.39 is 5.72 Å². The second kappa shape index (κ2) is 5.19. The predicted octanol–water partition coefficient (Wildman–Crippen LogP) is 2.86. The van der Waals surface area contributed by atoms with E-state index in [1.54, 1.807) is 12.1 Å². The second-order valence-corrected chi connectivity index (χ2v) is 6.15. The van der Waals surface area contributed by atoms with Crippen molar-refractivity contribution in [3.63, 3.8) is 0 Å². The van der Waals surface area contributed by atoms with Crippen LogP contribution in [0.3, 0.4) is 0 Å². The van der Waals surface area contributed by atoms with Crippen molar-refractivity contribution in [1.29, 1.82) is 0 Å². The number of ether oxygens (including phenoxy) is 1. The van der Waals surface area contributed by atoms with Crippen LogP contribution in [0.1, 0.15) is 30.0 Å². The van der Waals surface area contributed by atoms with Crippen molar-refractivity contribution >= 4 is 6.03 Å². The van der Waals surface area contributed by atoms with Gasteiger partial charge in [0.25, 0.3) is 0 Å². The number of aromatic hydroxyl groups is 1. The van der Waals surface area contributed by atoms with Gasteiger partial charge in [0.15, 0.2) is 5.72 Å². The van der Waals surface area contributed by atoms with E-state index in [0.717, 1.165) is 17.5 Å². The first kappa shape index (κ1) is 13.9. The average molecular weight is 310 g/mol. The zero-order valence-electron chi connectivity index (χ0n) is 12.6. The topological polar surface area (TPSA) is 70.6 Å². The van der Waals surface area contributed by atoms with Crippen LogP contribution in [0, 0.1) is 0 Å². The van der Waals surface area contributed by atoms with Crippen molar-refractivity contribution in [1.82, 2.24) is 10.6 Å². The van der Waals surface area contributed by atoms with Gasteiger partial charge in [-0.05, 0) is 23.6 Å². The molecule has 0 radical (unpaired) electrons. The number of phenolic OH excluding ortho intramolecular Hbond substituents is 1. The molecule has 118 valence electrons. The summed E-state index contributed by atoms with van der Waals surface area (Å²) in [4.78, 5) is 12.1. The summed E-state index contributed by atoms with van der Waals surface area (Å²) >= 11 is 0. The molecular formula is C18H18N2O3. The van der Waals surface area contributed by atoms with Gasteiger partial charge in [-0.2, -0.15) is 0 Å². The highest BCUT2D eigenvalue weighted by Crippen LogP contribution is 2.39. The summed E-state index contributed by atoms with van der Waals surface area (Å²) in [5, 5.41) is 15.6. The van der Waals surface area contributed by atoms with Gasteiger partial charge in [0, 0.05) is 18.9 Å². The highest BCUT2D eigenvalue weighted by molar-refractivity contribution is 5.76. The molecule has 1 spiro atoms. The molecule has 1 fully saturated rings. The molecule has 2 heterocycles. The van der Waals surface area contributed by atoms with Gasteiger partial charge in [-0.1, -0.05) is 36.4 Å². The molecule has 23 heavy (non-hydrogen) atoms. The molecule has 5 heteroatoms. The SMILES string of the molecule is O=C1NC(c2ccccc2)CC2(CCc3ccc(O)cc3O2)N1. The van der Waals surface area contributed by atoms with Crippen LogP contribution in [-0.2, 0) is 6.42 Å². The molecule has 2 unspecified atom stereocenters. The number of urea groups is 1. The molecule has 0 aromatic heterocycles. The normalized spacial score (nSPS) is 25.9. The minimum Gasteiger partial charge on any atom is -0.508 e. The fourth-order valence-corrected chi connectivity index (χ4v) is 3.39. The molecule has 2 aromatic carbocycles. The number of amides is 2. The molecule has 0 saturated carbocycles. The Bertz CT molecular complexity index is 747. The van der Waals surface area contributed by atoms with Gasteiger partial charge >= 0.3 is 6.03 Å². The quantitative estimate of drug-likeness (QED) is 0.758. The van der Waals surface area contributed by atoms with Gasteiger partial charge in [0.2, 0.25) is 0 Å². The molecule has 2 aliphatic rings. The smallest absolute Gasteiger partial charge is 0.318 e. The molecule has 4 rings (SSSR count). The third-order valence-electron chi connectivity index (χ3n) is 4.54. The van der Waals surface area contributed by atoms with E-state index in [4.69, 9.17) is 4.74 Å². The summed E-state index contributed by atoms with van der Waals surface area (Å²) in [5.74, 6) is 0.811. The summed E-state index contributed by atoms with van der Waals surface area (Å²) in [6.07, 6.45) is 2.15. The summed E-state index contributed by atoms with van der Waals surface area (Å²) in [5.41, 5.74) is 1.38. The fourth-order valence-electron chi connectivity index (χ4n) is 3.39. The molecule has 5 nitrogen and oxygen atoms in total. The first-order valence-corrected chi connectivity index (χ1v) is 7.78. The van der Waals surface area contributed by atoms with Crippen molar-refractivity contribution in [2.75, 3.05) is 0 Å². The van der Waals surface area contributed by atoms with Gasteiger partial charge in [-0.15, -0.1) is 0 Å². The third-order valence-corrected chi connectivity index (χ3v) is 4.54. The number of carbonyl (C=O) groups excluding carboxylic acids is 1. The average Bonchev–Trinajstić information content (AvgIpc) is 2.54. The maximum absolute atomic E-state index is 12.1. The lowest BCUT2D eigenvalue weighted by molar-refractivity contribution is -0.00581. The Morgan fingerprint density at radius 3 is 2.83 bits per heavy atom. The van der Waals surface area contributed by atoms with Crippen LogP contribution < -0.4 is 15.4 Å². The van der Waals surface area contributed by atoms with E-state index in [-0.39, 0.29) is 17.8 Å². The van der Waals surface area contributed by atoms with Crippen LogP contribution in [0.2, 0.25) is 0 Å². The number of nitrogens with one attached hydrogen (secondary N) is 2. The minimum absolute atomic E-state index is 0.0937. The molecule has 0 bridgehead atoms. The zero-order chi connectivity index (χ0) is 15.9. The minimum atomic E-state index is -0.733. The highest BCUT2D eigenvalue weighted by Gasteiger charge is 2.44. The predicted molar refractivity (Wildman–Crippen MR) is 85.3 cm³/mol. The van der Waals surface area contributed by atoms with E-state index >= 15 is 0 Å². The Kier molecular flexibility index (Phi) is 3.15. The van der Waals surface area contributed by atoms with Gasteiger partial charge in [-0.3, -0.25) is 0 Å². The van der Waals surface area contributed by atoms with Gasteiger partial charge < -0.3 is 20.5 Å². The summed E-state index contributed by atoms with van der Waals surface area (Å²) in [6, 6.07) is 14.7. The fraction of sp³-hybridized carbons (Fsp3) is 0.278. The number of fused-ring (bicyclic) bond motifs is 1. The van der Waals surface area contributed by atoms with E-state index in [1.165, 1.54) is 0 Å². The monoisotopic (exact) mass is 310 g/mol. The van der Waals surface area contributed by atoms with Crippen LogP contribution in [-0.4, -0.2) is 16.9 Å². The van der Waals surface area contributed by atoms with Crippen molar-refractivity contribution < 1.29 is 14.6 Å². The van der Waals surface area contributed by atoms with Crippen molar-refractivity contribution in [3.05, 3.63) is 59.7 Å². The summed E-state index contributed by atoms with van der Waals surface area (Å²) in [6.45, 7) is 0. The molecule has 2 amide bonds. The van der Waals surface area contributed by atoms with E-state index in [2.05, 4.69) is 10.6 Å². The number of carbonyl (C=O) groups is 1. The maximum atomic E-state index is 12.1. The lowest BCUT2D eigenvalue weighted by Crippen LogP contribution is -2.63. The Morgan fingerprint density at radius 1 is 1.17 bits per heavy atom. The van der Waals surface area contributed by atoms with Crippen LogP contribution in [0.4, 0.5) is 4.79 Å². The highest BCUT2D eigenvalue weighted by atomic mass is 16.5. The van der Waals surface area contributed by atoms with Crippen molar-refractivity contribution in [2.24, 2.45) is 0 Å². The lowest BCUT2D eigenvalue weighted by Gasteiger charge is -2.44. The molecule has 1 saturated heterocycles. The standard InChI is InChI=1S/C18H18N2O3/c21-14-7-6-13-8-9-18(23-16(13)10-14)11-15(19-17(22)20-18)12-4-2-1-3-5-12/h1-7,10,15,21H,8-9,11H2,(H2,19,20,22). The molecule has 2 aromatic rings. The van der Waals surface area contributed by atoms with Gasteiger partial charge in [0.05, 0.1) is 6.04 Å². The Morgan fingerprint density at radius 2 is 2.00 bits per heavy atom. The second-order valence-electron chi connectivity index (χ2n) is 6.15. The maximum Gasteiger partial charge on any atom is 0.318 e. The van der Waals surface area contributed by atoms with Gasteiger partial charge in [-0.25, -0.2) is 4.79 Å². The zero-order valence-corrected chi connectivity index (χ0v) is 12.6. The summed E-state index contributed by atoms with van der Waals surface area (Å²) < 4.78 is 6.13. The number of hydrogen-bond donors (Lipinski definition) is 3. The van der Waals surface area contributed by atoms with Crippen molar-refractivity contribution in [3.8, 4) is 11.5 Å². The summed E-state index contributed by atoms with van der Waals surface area (Å²) in [7, 11) is 0. The number of benzene rings is 2. The number of rotatable bonds is 1. The van der Waals surface area contributed by atoms with E-state index in [0.29, 0.717) is 18.6 Å². The largest absolute Gasteiger partial charge is 0.508 e. The number of phenols is 1. The van der Waals surface area contributed by atoms with Gasteiger partial charge in [0.1, 0.15) is 11.5 Å². The Hall–Kier alpha value is -2.69. The molecule has 0 aliphatic carbocycles. The van der Waals surface area contributed by atoms with Crippen LogP contribution in [0.25, 0.3) is 0 Å².